The number of nitrogens with zero attached hydrogens (tertiary/aromatic N) is 2. The fraction of sp³-hybridized carbons (Fsp3) is 0.400. The molecule has 8 heteroatoms. The predicted molar refractivity (Wildman–Crippen MR) is 125 cm³/mol. The van der Waals surface area contributed by atoms with Crippen molar-refractivity contribution < 1.29 is 24.2 Å². The number of hydrazone groups is 1. The number of rotatable bonds is 7. The second-order valence-electron chi connectivity index (χ2n) is 8.34. The summed E-state index contributed by atoms with van der Waals surface area (Å²) in [5, 5.41) is 18.5. The van der Waals surface area contributed by atoms with Crippen molar-refractivity contribution in [3.05, 3.63) is 59.2 Å². The smallest absolute Gasteiger partial charge is 0.303 e. The molecule has 2 heterocycles. The van der Waals surface area contributed by atoms with Crippen molar-refractivity contribution >= 4 is 23.8 Å². The number of carboxylic acids is 1. The number of ether oxygens (including phenoxy) is 2. The largest absolute Gasteiger partial charge is 0.490 e. The highest BCUT2D eigenvalue weighted by Gasteiger charge is 2.31. The molecule has 0 radical (unpaired) electrons. The lowest BCUT2D eigenvalue weighted by molar-refractivity contribution is -0.139. The molecule has 0 spiro atoms. The van der Waals surface area contributed by atoms with Gasteiger partial charge in [0.2, 0.25) is 0 Å². The van der Waals surface area contributed by atoms with Crippen LogP contribution in [-0.2, 0) is 16.0 Å². The summed E-state index contributed by atoms with van der Waals surface area (Å²) < 4.78 is 11.4. The molecule has 2 atom stereocenters. The van der Waals surface area contributed by atoms with E-state index in [1.54, 1.807) is 18.3 Å². The van der Waals surface area contributed by atoms with Crippen molar-refractivity contribution in [1.29, 1.82) is 0 Å². The fourth-order valence-electron chi connectivity index (χ4n) is 4.17. The van der Waals surface area contributed by atoms with Gasteiger partial charge in [-0.05, 0) is 48.2 Å². The summed E-state index contributed by atoms with van der Waals surface area (Å²) in [5.41, 5.74) is 3.07. The molecule has 174 valence electrons. The van der Waals surface area contributed by atoms with Gasteiger partial charge < -0.3 is 19.9 Å². The third kappa shape index (κ3) is 5.90. The normalized spacial score (nSPS) is 20.2. The van der Waals surface area contributed by atoms with E-state index in [-0.39, 0.29) is 24.3 Å². The minimum absolute atomic E-state index is 0.0648. The van der Waals surface area contributed by atoms with E-state index in [9.17, 15) is 9.59 Å². The average molecular weight is 452 g/mol. The molecule has 4 rings (SSSR count). The lowest BCUT2D eigenvalue weighted by atomic mass is 9.86. The quantitative estimate of drug-likeness (QED) is 0.626. The van der Waals surface area contributed by atoms with Gasteiger partial charge in [-0.1, -0.05) is 25.1 Å². The maximum absolute atomic E-state index is 12.8. The van der Waals surface area contributed by atoms with Crippen LogP contribution in [0.25, 0.3) is 0 Å². The van der Waals surface area contributed by atoms with E-state index in [4.69, 9.17) is 14.6 Å². The Balaban J connectivity index is 1.39. The van der Waals surface area contributed by atoms with Gasteiger partial charge in [0.15, 0.2) is 0 Å². The van der Waals surface area contributed by atoms with Gasteiger partial charge >= 0.3 is 5.97 Å². The Labute approximate surface area is 193 Å². The summed E-state index contributed by atoms with van der Waals surface area (Å²) in [6.07, 6.45) is 3.07. The molecule has 2 unspecified atom stereocenters. The van der Waals surface area contributed by atoms with E-state index in [0.717, 1.165) is 30.6 Å². The molecule has 2 N–H and O–H groups in total. The Morgan fingerprint density at radius 3 is 2.64 bits per heavy atom. The van der Waals surface area contributed by atoms with E-state index in [0.29, 0.717) is 36.6 Å². The van der Waals surface area contributed by atoms with Gasteiger partial charge in [0.1, 0.15) is 11.9 Å². The van der Waals surface area contributed by atoms with Gasteiger partial charge in [-0.3, -0.25) is 14.6 Å². The zero-order valence-electron chi connectivity index (χ0n) is 18.7. The van der Waals surface area contributed by atoms with Crippen LogP contribution in [0.4, 0.5) is 5.69 Å². The molecule has 1 amide bonds. The van der Waals surface area contributed by atoms with Crippen LogP contribution in [0, 0.1) is 5.92 Å². The zero-order valence-corrected chi connectivity index (χ0v) is 18.7. The molecule has 0 aliphatic carbocycles. The molecule has 1 fully saturated rings. The van der Waals surface area contributed by atoms with E-state index in [1.807, 2.05) is 42.3 Å². The molecule has 33 heavy (non-hydrogen) atoms. The van der Waals surface area contributed by atoms with E-state index < -0.39 is 5.97 Å². The number of nitrogens with one attached hydrogen (secondary N) is 1. The highest BCUT2D eigenvalue weighted by Crippen LogP contribution is 2.34. The number of carbonyl (C=O) groups excluding carboxylic acids is 1. The van der Waals surface area contributed by atoms with Crippen molar-refractivity contribution in [2.45, 2.75) is 32.3 Å². The summed E-state index contributed by atoms with van der Waals surface area (Å²) >= 11 is 0. The lowest BCUT2D eigenvalue weighted by Crippen LogP contribution is -2.34. The molecule has 2 aliphatic rings. The topological polar surface area (TPSA) is 100 Å². The average Bonchev–Trinajstić information content (AvgIpc) is 2.83. The first-order valence-electron chi connectivity index (χ1n) is 11.3. The summed E-state index contributed by atoms with van der Waals surface area (Å²) in [6, 6.07) is 12.9. The highest BCUT2D eigenvalue weighted by molar-refractivity contribution is 6.04. The van der Waals surface area contributed by atoms with Crippen LogP contribution in [0.3, 0.4) is 0 Å². The highest BCUT2D eigenvalue weighted by atomic mass is 16.5. The number of fused-ring (bicyclic) bond motifs is 1. The van der Waals surface area contributed by atoms with E-state index in [1.165, 1.54) is 0 Å². The number of aliphatic carboxylic acids is 1. The monoisotopic (exact) mass is 451 g/mol. The third-order valence-corrected chi connectivity index (χ3v) is 5.98. The van der Waals surface area contributed by atoms with Crippen LogP contribution in [-0.4, -0.2) is 60.6 Å². The zero-order chi connectivity index (χ0) is 23.2. The Morgan fingerprint density at radius 1 is 1.18 bits per heavy atom. The standard InChI is InChI=1S/C25H29N3O5/c1-2-22-20(15-24(29)30)13-18-5-6-19(14-23(18)33-22)25(31)27-21-7-3-17(4-8-21)16-26-28-9-11-32-12-10-28/h3-8,14,16,20,22H,2,9-13,15H2,1H3,(H,27,31)(H,29,30). The van der Waals surface area contributed by atoms with Crippen molar-refractivity contribution in [2.75, 3.05) is 31.6 Å². The van der Waals surface area contributed by atoms with Gasteiger partial charge in [0, 0.05) is 17.2 Å². The molecule has 2 aromatic rings. The molecule has 0 aromatic heterocycles. The predicted octanol–water partition coefficient (Wildman–Crippen LogP) is 3.41. The molecular formula is C25H29N3O5. The number of carbonyl (C=O) groups is 2. The molecule has 0 saturated carbocycles. The van der Waals surface area contributed by atoms with Crippen molar-refractivity contribution in [3.8, 4) is 5.75 Å². The van der Waals surface area contributed by atoms with Gasteiger partial charge in [-0.25, -0.2) is 0 Å². The first-order chi connectivity index (χ1) is 16.0. The first-order valence-corrected chi connectivity index (χ1v) is 11.3. The van der Waals surface area contributed by atoms with Gasteiger partial charge in [0.25, 0.3) is 5.91 Å². The maximum Gasteiger partial charge on any atom is 0.303 e. The van der Waals surface area contributed by atoms with Crippen molar-refractivity contribution in [1.82, 2.24) is 5.01 Å². The van der Waals surface area contributed by atoms with Crippen molar-refractivity contribution in [3.63, 3.8) is 0 Å². The van der Waals surface area contributed by atoms with E-state index >= 15 is 0 Å². The number of benzene rings is 2. The second-order valence-corrected chi connectivity index (χ2v) is 8.34. The van der Waals surface area contributed by atoms with Crippen LogP contribution >= 0.6 is 0 Å². The van der Waals surface area contributed by atoms with Gasteiger partial charge in [-0.2, -0.15) is 5.10 Å². The van der Waals surface area contributed by atoms with Gasteiger partial charge in [0.05, 0.1) is 38.9 Å². The molecule has 2 aliphatic heterocycles. The minimum atomic E-state index is -0.820. The third-order valence-electron chi connectivity index (χ3n) is 5.98. The van der Waals surface area contributed by atoms with Crippen LogP contribution in [0.15, 0.2) is 47.6 Å². The number of carboxylic acid groups (broad SMARTS) is 1. The summed E-state index contributed by atoms with van der Waals surface area (Å²) in [6.45, 7) is 4.94. The SMILES string of the molecule is CCC1Oc2cc(C(=O)Nc3ccc(C=NN4CCOCC4)cc3)ccc2CC1CC(=O)O. The van der Waals surface area contributed by atoms with E-state index in [2.05, 4.69) is 10.4 Å². The second kappa shape index (κ2) is 10.5. The minimum Gasteiger partial charge on any atom is -0.490 e. The van der Waals surface area contributed by atoms with Gasteiger partial charge in [-0.15, -0.1) is 0 Å². The Hall–Kier alpha value is -3.39. The molecule has 2 aromatic carbocycles. The Morgan fingerprint density at radius 2 is 1.94 bits per heavy atom. The fourth-order valence-corrected chi connectivity index (χ4v) is 4.17. The Bertz CT molecular complexity index is 1020. The molecule has 1 saturated heterocycles. The summed E-state index contributed by atoms with van der Waals surface area (Å²) in [4.78, 5) is 24.0. The van der Waals surface area contributed by atoms with Crippen LogP contribution in [0.5, 0.6) is 5.75 Å². The van der Waals surface area contributed by atoms with Crippen LogP contribution in [0.1, 0.15) is 41.3 Å². The number of amides is 1. The number of hydrogen-bond donors (Lipinski definition) is 2. The molecular weight excluding hydrogens is 422 g/mol. The number of morpholine rings is 1. The Kier molecular flexibility index (Phi) is 7.24. The molecule has 0 bridgehead atoms. The van der Waals surface area contributed by atoms with Crippen LogP contribution in [0.2, 0.25) is 0 Å². The molecule has 8 nitrogen and oxygen atoms in total. The first kappa shape index (κ1) is 22.8. The summed E-state index contributed by atoms with van der Waals surface area (Å²) in [5.74, 6) is -0.451. The number of anilines is 1. The van der Waals surface area contributed by atoms with Crippen LogP contribution < -0.4 is 10.1 Å². The van der Waals surface area contributed by atoms with Crippen molar-refractivity contribution in [2.24, 2.45) is 11.0 Å². The summed E-state index contributed by atoms with van der Waals surface area (Å²) in [7, 11) is 0. The lowest BCUT2D eigenvalue weighted by Gasteiger charge is -2.32. The maximum atomic E-state index is 12.8. The number of hydrogen-bond acceptors (Lipinski definition) is 6.